The summed E-state index contributed by atoms with van der Waals surface area (Å²) in [5.41, 5.74) is 1.97. The molecule has 1 heterocycles. The van der Waals surface area contributed by atoms with Gasteiger partial charge in [0, 0.05) is 17.3 Å². The van der Waals surface area contributed by atoms with E-state index in [1.165, 1.54) is 0 Å². The second kappa shape index (κ2) is 4.01. The Morgan fingerprint density at radius 3 is 2.67 bits per heavy atom. The molecule has 2 nitrogen and oxygen atoms in total. The quantitative estimate of drug-likeness (QED) is 0.779. The van der Waals surface area contributed by atoms with Crippen LogP contribution in [0.25, 0.3) is 0 Å². The minimum absolute atomic E-state index is 0.0567. The van der Waals surface area contributed by atoms with Gasteiger partial charge in [0.1, 0.15) is 0 Å². The Bertz CT molecular complexity index is 255. The van der Waals surface area contributed by atoms with Gasteiger partial charge < -0.3 is 4.74 Å². The molecule has 66 valence electrons. The zero-order chi connectivity index (χ0) is 9.14. The predicted molar refractivity (Wildman–Crippen MR) is 52.1 cm³/mol. The van der Waals surface area contributed by atoms with Gasteiger partial charge in [-0.1, -0.05) is 15.9 Å². The van der Waals surface area contributed by atoms with Crippen molar-refractivity contribution in [1.29, 1.82) is 0 Å². The molecule has 1 unspecified atom stereocenters. The van der Waals surface area contributed by atoms with E-state index in [9.17, 15) is 0 Å². The molecule has 0 aliphatic heterocycles. The van der Waals surface area contributed by atoms with E-state index in [4.69, 9.17) is 4.74 Å². The van der Waals surface area contributed by atoms with E-state index in [0.29, 0.717) is 0 Å². The summed E-state index contributed by atoms with van der Waals surface area (Å²) in [4.78, 5) is 4.35. The third-order valence-electron chi connectivity index (χ3n) is 1.71. The number of pyridine rings is 1. The highest BCUT2D eigenvalue weighted by molar-refractivity contribution is 9.10. The van der Waals surface area contributed by atoms with E-state index in [1.807, 2.05) is 26.0 Å². The van der Waals surface area contributed by atoms with E-state index in [1.54, 1.807) is 7.11 Å². The van der Waals surface area contributed by atoms with Gasteiger partial charge in [0.25, 0.3) is 0 Å². The van der Waals surface area contributed by atoms with Crippen LogP contribution in [0.5, 0.6) is 0 Å². The lowest BCUT2D eigenvalue weighted by Gasteiger charge is -2.09. The highest BCUT2D eigenvalue weighted by Crippen LogP contribution is 2.18. The second-order valence-corrected chi connectivity index (χ2v) is 3.65. The van der Waals surface area contributed by atoms with Crippen molar-refractivity contribution in [3.63, 3.8) is 0 Å². The lowest BCUT2D eigenvalue weighted by molar-refractivity contribution is 0.116. The first-order chi connectivity index (χ1) is 5.63. The third kappa shape index (κ3) is 2.29. The number of aromatic nitrogens is 1. The molecule has 0 N–H and O–H groups in total. The van der Waals surface area contributed by atoms with Gasteiger partial charge >= 0.3 is 0 Å². The molecule has 0 aliphatic rings. The first kappa shape index (κ1) is 9.68. The van der Waals surface area contributed by atoms with Crippen LogP contribution in [0.3, 0.4) is 0 Å². The summed E-state index contributed by atoms with van der Waals surface area (Å²) in [7, 11) is 1.68. The van der Waals surface area contributed by atoms with Crippen molar-refractivity contribution in [2.75, 3.05) is 7.11 Å². The number of methoxy groups -OCH3 is 1. The third-order valence-corrected chi connectivity index (χ3v) is 2.17. The molecular formula is C9H12BrNO. The van der Waals surface area contributed by atoms with E-state index >= 15 is 0 Å². The van der Waals surface area contributed by atoms with Crippen molar-refractivity contribution in [2.45, 2.75) is 20.0 Å². The van der Waals surface area contributed by atoms with Crippen molar-refractivity contribution < 1.29 is 4.74 Å². The number of hydrogen-bond donors (Lipinski definition) is 0. The molecule has 0 saturated carbocycles. The molecule has 0 bridgehead atoms. The van der Waals surface area contributed by atoms with Gasteiger partial charge in [-0.2, -0.15) is 0 Å². The largest absolute Gasteiger partial charge is 0.375 e. The summed E-state index contributed by atoms with van der Waals surface area (Å²) >= 11 is 3.41. The van der Waals surface area contributed by atoms with Crippen molar-refractivity contribution in [2.24, 2.45) is 0 Å². The van der Waals surface area contributed by atoms with E-state index in [2.05, 4.69) is 20.9 Å². The summed E-state index contributed by atoms with van der Waals surface area (Å²) in [6, 6.07) is 3.95. The first-order valence-electron chi connectivity index (χ1n) is 3.80. The second-order valence-electron chi connectivity index (χ2n) is 2.73. The van der Waals surface area contributed by atoms with Crippen LogP contribution < -0.4 is 0 Å². The van der Waals surface area contributed by atoms with Crippen molar-refractivity contribution in [3.05, 3.63) is 28.0 Å². The summed E-state index contributed by atoms with van der Waals surface area (Å²) < 4.78 is 6.21. The number of rotatable bonds is 2. The fraction of sp³-hybridized carbons (Fsp3) is 0.444. The molecule has 1 atom stereocenters. The van der Waals surface area contributed by atoms with Crippen LogP contribution in [0.15, 0.2) is 16.6 Å². The molecule has 12 heavy (non-hydrogen) atoms. The molecule has 1 aromatic rings. The fourth-order valence-electron chi connectivity index (χ4n) is 0.980. The zero-order valence-electron chi connectivity index (χ0n) is 7.47. The van der Waals surface area contributed by atoms with Crippen molar-refractivity contribution in [3.8, 4) is 0 Å². The van der Waals surface area contributed by atoms with E-state index < -0.39 is 0 Å². The standard InChI is InChI=1S/C9H12BrNO/c1-6-4-8(10)5-9(11-6)7(2)12-3/h4-5,7H,1-3H3. The average Bonchev–Trinajstić information content (AvgIpc) is 2.01. The predicted octanol–water partition coefficient (Wildman–Crippen LogP) is 2.86. The molecule has 0 spiro atoms. The van der Waals surface area contributed by atoms with Gasteiger partial charge in [0.2, 0.25) is 0 Å². The van der Waals surface area contributed by atoms with Crippen LogP contribution in [0, 0.1) is 6.92 Å². The molecule has 0 radical (unpaired) electrons. The molecule has 0 fully saturated rings. The Kier molecular flexibility index (Phi) is 3.23. The lowest BCUT2D eigenvalue weighted by Crippen LogP contribution is -2.00. The normalized spacial score (nSPS) is 13.0. The summed E-state index contributed by atoms with van der Waals surface area (Å²) in [6.45, 7) is 3.95. The van der Waals surface area contributed by atoms with Crippen LogP contribution in [-0.2, 0) is 4.74 Å². The van der Waals surface area contributed by atoms with Crippen LogP contribution in [0.1, 0.15) is 24.4 Å². The Hall–Kier alpha value is -0.410. The molecule has 0 saturated heterocycles. The lowest BCUT2D eigenvalue weighted by atomic mass is 10.2. The van der Waals surface area contributed by atoms with Crippen LogP contribution >= 0.6 is 15.9 Å². The SMILES string of the molecule is COC(C)c1cc(Br)cc(C)n1. The molecule has 1 rings (SSSR count). The molecule has 0 aliphatic carbocycles. The number of ether oxygens (including phenoxy) is 1. The van der Waals surface area contributed by atoms with Gasteiger partial charge in [0.15, 0.2) is 0 Å². The summed E-state index contributed by atoms with van der Waals surface area (Å²) in [5, 5.41) is 0. The highest BCUT2D eigenvalue weighted by atomic mass is 79.9. The zero-order valence-corrected chi connectivity index (χ0v) is 9.05. The maximum Gasteiger partial charge on any atom is 0.0963 e. The Balaban J connectivity index is 3.00. The number of hydrogen-bond acceptors (Lipinski definition) is 2. The number of aryl methyl sites for hydroxylation is 1. The van der Waals surface area contributed by atoms with Gasteiger partial charge in [-0.05, 0) is 26.0 Å². The Morgan fingerprint density at radius 1 is 1.50 bits per heavy atom. The maximum atomic E-state index is 5.16. The topological polar surface area (TPSA) is 22.1 Å². The van der Waals surface area contributed by atoms with Crippen LogP contribution in [-0.4, -0.2) is 12.1 Å². The number of nitrogens with zero attached hydrogens (tertiary/aromatic N) is 1. The van der Waals surface area contributed by atoms with Crippen LogP contribution in [0.4, 0.5) is 0 Å². The van der Waals surface area contributed by atoms with Gasteiger partial charge in [-0.3, -0.25) is 4.98 Å². The van der Waals surface area contributed by atoms with Crippen molar-refractivity contribution in [1.82, 2.24) is 4.98 Å². The monoisotopic (exact) mass is 229 g/mol. The number of halogens is 1. The molecular weight excluding hydrogens is 218 g/mol. The van der Waals surface area contributed by atoms with Gasteiger partial charge in [-0.25, -0.2) is 0 Å². The first-order valence-corrected chi connectivity index (χ1v) is 4.59. The highest BCUT2D eigenvalue weighted by Gasteiger charge is 2.05. The van der Waals surface area contributed by atoms with Gasteiger partial charge in [-0.15, -0.1) is 0 Å². The minimum atomic E-state index is 0.0567. The average molecular weight is 230 g/mol. The molecule has 1 aromatic heterocycles. The minimum Gasteiger partial charge on any atom is -0.375 e. The summed E-state index contributed by atoms with van der Waals surface area (Å²) in [6.07, 6.45) is 0.0567. The van der Waals surface area contributed by atoms with Crippen LogP contribution in [0.2, 0.25) is 0 Å². The maximum absolute atomic E-state index is 5.16. The smallest absolute Gasteiger partial charge is 0.0963 e. The summed E-state index contributed by atoms with van der Waals surface area (Å²) in [5.74, 6) is 0. The van der Waals surface area contributed by atoms with E-state index in [0.717, 1.165) is 15.9 Å². The molecule has 3 heteroatoms. The Morgan fingerprint density at radius 2 is 2.17 bits per heavy atom. The Labute approximate surface area is 81.1 Å². The molecule has 0 amide bonds. The van der Waals surface area contributed by atoms with Gasteiger partial charge in [0.05, 0.1) is 11.8 Å². The van der Waals surface area contributed by atoms with Crippen molar-refractivity contribution >= 4 is 15.9 Å². The molecule has 0 aromatic carbocycles. The fourth-order valence-corrected chi connectivity index (χ4v) is 1.55. The van der Waals surface area contributed by atoms with E-state index in [-0.39, 0.29) is 6.10 Å².